The average Bonchev–Trinajstić information content (AvgIpc) is 3.08. The Bertz CT molecular complexity index is 1050. The maximum absolute atomic E-state index is 12.3. The summed E-state index contributed by atoms with van der Waals surface area (Å²) in [4.78, 5) is 6.62. The number of nitrogens with zero attached hydrogens (tertiary/aromatic N) is 2. The molecule has 2 heterocycles. The first-order valence-corrected chi connectivity index (χ1v) is 11.9. The molecule has 1 atom stereocenters. The number of nitrogens with one attached hydrogen (secondary N) is 1. The van der Waals surface area contributed by atoms with Gasteiger partial charge in [-0.15, -0.1) is 0 Å². The number of anilines is 2. The van der Waals surface area contributed by atoms with Crippen molar-refractivity contribution in [1.82, 2.24) is 4.98 Å². The number of methoxy groups -OCH3 is 1. The highest BCUT2D eigenvalue weighted by atomic mass is 32.2. The van der Waals surface area contributed by atoms with Gasteiger partial charge in [0.1, 0.15) is 9.84 Å². The van der Waals surface area contributed by atoms with E-state index in [9.17, 15) is 8.42 Å². The van der Waals surface area contributed by atoms with Crippen LogP contribution in [0.25, 0.3) is 6.08 Å². The number of hydrogen-bond donors (Lipinski definition) is 1. The smallest absolute Gasteiger partial charge is 0.161 e. The van der Waals surface area contributed by atoms with E-state index in [4.69, 9.17) is 9.47 Å². The fourth-order valence-corrected chi connectivity index (χ4v) is 4.52. The molecule has 0 fully saturated rings. The van der Waals surface area contributed by atoms with Gasteiger partial charge in [0.2, 0.25) is 0 Å². The Balaban J connectivity index is 2.03. The number of pyridine rings is 1. The Kier molecular flexibility index (Phi) is 6.55. The quantitative estimate of drug-likeness (QED) is 0.679. The van der Waals surface area contributed by atoms with Crippen LogP contribution in [0.1, 0.15) is 37.9 Å². The average molecular weight is 432 g/mol. The van der Waals surface area contributed by atoms with Crippen molar-refractivity contribution in [3.8, 4) is 11.5 Å². The standard InChI is InChI=1S/C22H29N3O4S/c1-6-29-21-11-17(7-8-20(21)28-4)19(13-30(5,26)27)25-14-24-18-10-16(9-15(2)3)12-23-22(18)25/h7-12,19,24H,6,13-14H2,1-5H3/t19-/m1/s1. The molecular weight excluding hydrogens is 402 g/mol. The second kappa shape index (κ2) is 8.95. The number of hydrogen-bond acceptors (Lipinski definition) is 7. The fourth-order valence-electron chi connectivity index (χ4n) is 3.57. The van der Waals surface area contributed by atoms with Gasteiger partial charge < -0.3 is 19.7 Å². The number of benzene rings is 1. The van der Waals surface area contributed by atoms with Crippen LogP contribution in [0.15, 0.2) is 36.0 Å². The number of sulfone groups is 1. The third-order valence-electron chi connectivity index (χ3n) is 4.76. The lowest BCUT2D eigenvalue weighted by Gasteiger charge is -2.29. The lowest BCUT2D eigenvalue weighted by Crippen LogP contribution is -2.33. The second-order valence-corrected chi connectivity index (χ2v) is 9.80. The predicted octanol–water partition coefficient (Wildman–Crippen LogP) is 3.89. The van der Waals surface area contributed by atoms with Gasteiger partial charge in [-0.05, 0) is 50.1 Å². The summed E-state index contributed by atoms with van der Waals surface area (Å²) < 4.78 is 35.6. The Morgan fingerprint density at radius 1 is 1.30 bits per heavy atom. The molecule has 2 aromatic rings. The molecule has 1 aromatic heterocycles. The van der Waals surface area contributed by atoms with Crippen molar-refractivity contribution in [2.24, 2.45) is 0 Å². The van der Waals surface area contributed by atoms with Gasteiger partial charge in [-0.2, -0.15) is 0 Å². The van der Waals surface area contributed by atoms with Crippen LogP contribution < -0.4 is 19.7 Å². The van der Waals surface area contributed by atoms with E-state index < -0.39 is 15.9 Å². The molecule has 0 radical (unpaired) electrons. The van der Waals surface area contributed by atoms with E-state index in [-0.39, 0.29) is 5.75 Å². The SMILES string of the molecule is CCOc1cc([C@@H](CS(C)(=O)=O)N2CNc3cc(C=C(C)C)cnc32)ccc1OC. The normalized spacial score (nSPS) is 14.0. The maximum atomic E-state index is 12.3. The predicted molar refractivity (Wildman–Crippen MR) is 121 cm³/mol. The zero-order chi connectivity index (χ0) is 21.9. The largest absolute Gasteiger partial charge is 0.493 e. The third kappa shape index (κ3) is 5.05. The van der Waals surface area contributed by atoms with E-state index in [2.05, 4.69) is 16.4 Å². The molecule has 162 valence electrons. The number of rotatable bonds is 8. The van der Waals surface area contributed by atoms with Crippen LogP contribution in [0, 0.1) is 0 Å². The molecule has 0 spiro atoms. The Morgan fingerprint density at radius 3 is 2.70 bits per heavy atom. The Hall–Kier alpha value is -2.74. The van der Waals surface area contributed by atoms with E-state index in [1.165, 1.54) is 11.8 Å². The molecule has 0 aliphatic carbocycles. The van der Waals surface area contributed by atoms with Crippen molar-refractivity contribution in [3.05, 3.63) is 47.2 Å². The minimum Gasteiger partial charge on any atom is -0.493 e. The first-order chi connectivity index (χ1) is 14.2. The lowest BCUT2D eigenvalue weighted by molar-refractivity contribution is 0.310. The molecule has 1 N–H and O–H groups in total. The Morgan fingerprint density at radius 2 is 2.07 bits per heavy atom. The molecule has 3 rings (SSSR count). The van der Waals surface area contributed by atoms with Gasteiger partial charge in [-0.3, -0.25) is 0 Å². The first kappa shape index (κ1) is 22.0. The maximum Gasteiger partial charge on any atom is 0.161 e. The van der Waals surface area contributed by atoms with Crippen molar-refractivity contribution in [2.75, 3.05) is 42.6 Å². The third-order valence-corrected chi connectivity index (χ3v) is 5.69. The van der Waals surface area contributed by atoms with E-state index in [0.29, 0.717) is 24.8 Å². The van der Waals surface area contributed by atoms with Crippen LogP contribution >= 0.6 is 0 Å². The van der Waals surface area contributed by atoms with Gasteiger partial charge in [0.15, 0.2) is 17.3 Å². The van der Waals surface area contributed by atoms with Gasteiger partial charge >= 0.3 is 0 Å². The summed E-state index contributed by atoms with van der Waals surface area (Å²) in [5, 5.41) is 3.35. The first-order valence-electron chi connectivity index (χ1n) is 9.85. The van der Waals surface area contributed by atoms with Crippen LogP contribution in [0.3, 0.4) is 0 Å². The van der Waals surface area contributed by atoms with Crippen molar-refractivity contribution < 1.29 is 17.9 Å². The van der Waals surface area contributed by atoms with E-state index in [1.54, 1.807) is 7.11 Å². The van der Waals surface area contributed by atoms with Gasteiger partial charge in [-0.25, -0.2) is 13.4 Å². The summed E-state index contributed by atoms with van der Waals surface area (Å²) >= 11 is 0. The molecule has 1 aromatic carbocycles. The highest BCUT2D eigenvalue weighted by molar-refractivity contribution is 7.90. The molecule has 1 aliphatic heterocycles. The summed E-state index contributed by atoms with van der Waals surface area (Å²) in [6.07, 6.45) is 5.12. The molecule has 8 heteroatoms. The van der Waals surface area contributed by atoms with Gasteiger partial charge in [0.05, 0.1) is 37.9 Å². The highest BCUT2D eigenvalue weighted by Crippen LogP contribution is 2.39. The van der Waals surface area contributed by atoms with E-state index in [0.717, 1.165) is 22.6 Å². The van der Waals surface area contributed by atoms with Crippen LogP contribution in [0.4, 0.5) is 11.5 Å². The molecule has 30 heavy (non-hydrogen) atoms. The lowest BCUT2D eigenvalue weighted by atomic mass is 10.1. The topological polar surface area (TPSA) is 80.8 Å². The molecular formula is C22H29N3O4S. The van der Waals surface area contributed by atoms with Crippen LogP contribution in [0.5, 0.6) is 11.5 Å². The Labute approximate surface area is 178 Å². The van der Waals surface area contributed by atoms with E-state index >= 15 is 0 Å². The summed E-state index contributed by atoms with van der Waals surface area (Å²) in [7, 11) is -1.67. The molecule has 7 nitrogen and oxygen atoms in total. The monoisotopic (exact) mass is 431 g/mol. The second-order valence-electron chi connectivity index (χ2n) is 7.62. The molecule has 0 saturated carbocycles. The zero-order valence-corrected chi connectivity index (χ0v) is 18.9. The summed E-state index contributed by atoms with van der Waals surface area (Å²) in [5.41, 5.74) is 3.91. The molecule has 0 bridgehead atoms. The summed E-state index contributed by atoms with van der Waals surface area (Å²) in [6, 6.07) is 7.17. The molecule has 0 unspecified atom stereocenters. The number of aromatic nitrogens is 1. The number of ether oxygens (including phenoxy) is 2. The van der Waals surface area contributed by atoms with Gasteiger partial charge in [0, 0.05) is 12.5 Å². The van der Waals surface area contributed by atoms with Crippen molar-refractivity contribution in [1.29, 1.82) is 0 Å². The summed E-state index contributed by atoms with van der Waals surface area (Å²) in [5.74, 6) is 1.91. The molecule has 1 aliphatic rings. The van der Waals surface area contributed by atoms with Crippen molar-refractivity contribution >= 4 is 27.4 Å². The van der Waals surface area contributed by atoms with Gasteiger partial charge in [-0.1, -0.05) is 17.7 Å². The highest BCUT2D eigenvalue weighted by Gasteiger charge is 2.31. The summed E-state index contributed by atoms with van der Waals surface area (Å²) in [6.45, 7) is 6.92. The minimum atomic E-state index is -3.26. The number of fused-ring (bicyclic) bond motifs is 1. The minimum absolute atomic E-state index is 0.0383. The van der Waals surface area contributed by atoms with Crippen LogP contribution in [-0.2, 0) is 9.84 Å². The van der Waals surface area contributed by atoms with Crippen molar-refractivity contribution in [2.45, 2.75) is 26.8 Å². The zero-order valence-electron chi connectivity index (χ0n) is 18.1. The number of allylic oxidation sites excluding steroid dienone is 1. The molecule has 0 saturated heterocycles. The molecule has 0 amide bonds. The van der Waals surface area contributed by atoms with E-state index in [1.807, 2.05) is 56.1 Å². The fraction of sp³-hybridized carbons (Fsp3) is 0.409. The van der Waals surface area contributed by atoms with Crippen LogP contribution in [0.2, 0.25) is 0 Å². The van der Waals surface area contributed by atoms with Crippen molar-refractivity contribution in [3.63, 3.8) is 0 Å². The van der Waals surface area contributed by atoms with Crippen LogP contribution in [-0.4, -0.2) is 45.8 Å². The van der Waals surface area contributed by atoms with Gasteiger partial charge in [0.25, 0.3) is 0 Å².